The zero-order valence-electron chi connectivity index (χ0n) is 13.5. The zero-order chi connectivity index (χ0) is 17.6. The molecule has 3 rings (SSSR count). The topological polar surface area (TPSA) is 144 Å². The molecule has 1 atom stereocenters. The molecule has 0 amide bonds. The minimum atomic E-state index is -0.343. The van der Waals surface area contributed by atoms with E-state index in [4.69, 9.17) is 11.5 Å². The molecule has 130 valence electrons. The van der Waals surface area contributed by atoms with Crippen LogP contribution in [-0.4, -0.2) is 38.4 Å². The van der Waals surface area contributed by atoms with E-state index in [1.807, 2.05) is 24.6 Å². The highest BCUT2D eigenvalue weighted by molar-refractivity contribution is 8.13. The fourth-order valence-corrected chi connectivity index (χ4v) is 2.59. The molecule has 0 saturated carbocycles. The molecule has 3 heterocycles. The van der Waals surface area contributed by atoms with Gasteiger partial charge in [0.2, 0.25) is 12.2 Å². The number of hydrogen-bond donors (Lipinski definition) is 4. The van der Waals surface area contributed by atoms with Crippen molar-refractivity contribution < 1.29 is 0 Å². The van der Waals surface area contributed by atoms with Crippen molar-refractivity contribution in [1.29, 1.82) is 0 Å². The fraction of sp³-hybridized carbons (Fsp3) is 0.214. The average Bonchev–Trinajstić information content (AvgIpc) is 3.03. The van der Waals surface area contributed by atoms with Gasteiger partial charge in [-0.25, -0.2) is 9.67 Å². The number of amidine groups is 1. The molecule has 0 radical (unpaired) electrons. The van der Waals surface area contributed by atoms with Crippen LogP contribution in [0.4, 0.5) is 5.82 Å². The van der Waals surface area contributed by atoms with Gasteiger partial charge in [0.05, 0.1) is 18.0 Å². The first-order valence-electron chi connectivity index (χ1n) is 7.38. The van der Waals surface area contributed by atoms with E-state index in [9.17, 15) is 0 Å². The second-order valence-corrected chi connectivity index (χ2v) is 5.84. The minimum absolute atomic E-state index is 0.104. The van der Waals surface area contributed by atoms with Crippen LogP contribution in [-0.2, 0) is 6.54 Å². The molecule has 2 aromatic heterocycles. The molecule has 25 heavy (non-hydrogen) atoms. The number of nitrogens with zero attached hydrogens (tertiary/aromatic N) is 6. The van der Waals surface area contributed by atoms with Gasteiger partial charge in [-0.2, -0.15) is 10.2 Å². The first-order chi connectivity index (χ1) is 12.2. The molecule has 0 fully saturated rings. The lowest BCUT2D eigenvalue weighted by Crippen LogP contribution is -2.32. The van der Waals surface area contributed by atoms with Gasteiger partial charge in [0, 0.05) is 18.9 Å². The van der Waals surface area contributed by atoms with E-state index in [-0.39, 0.29) is 12.2 Å². The maximum absolute atomic E-state index is 5.27. The molecule has 11 heteroatoms. The van der Waals surface area contributed by atoms with Gasteiger partial charge in [-0.15, -0.1) is 5.10 Å². The third-order valence-corrected chi connectivity index (χ3v) is 3.89. The molecular weight excluding hydrogens is 340 g/mol. The van der Waals surface area contributed by atoms with Crippen LogP contribution in [0.15, 0.2) is 45.9 Å². The average molecular weight is 358 g/mol. The fourth-order valence-electron chi connectivity index (χ4n) is 2.19. The number of guanidine groups is 1. The van der Waals surface area contributed by atoms with Crippen LogP contribution in [0.1, 0.15) is 17.4 Å². The quantitative estimate of drug-likeness (QED) is 0.341. The highest BCUT2D eigenvalue weighted by Crippen LogP contribution is 2.25. The summed E-state index contributed by atoms with van der Waals surface area (Å²) in [5.41, 5.74) is 12.4. The molecular formula is C14H18N10S. The maximum atomic E-state index is 5.27. The van der Waals surface area contributed by atoms with E-state index in [1.165, 1.54) is 18.0 Å². The Morgan fingerprint density at radius 2 is 2.36 bits per heavy atom. The number of rotatable bonds is 5. The van der Waals surface area contributed by atoms with E-state index in [0.717, 1.165) is 22.1 Å². The van der Waals surface area contributed by atoms with E-state index in [2.05, 4.69) is 35.9 Å². The second kappa shape index (κ2) is 7.77. The van der Waals surface area contributed by atoms with Crippen molar-refractivity contribution in [1.82, 2.24) is 20.1 Å². The van der Waals surface area contributed by atoms with Crippen LogP contribution >= 0.6 is 11.8 Å². The maximum Gasteiger partial charge on any atom is 0.211 e. The molecule has 0 saturated heterocycles. The van der Waals surface area contributed by atoms with E-state index < -0.39 is 0 Å². The SMILES string of the molecule is CSC1=NC(NCc2cccnc2)n2ncc(C=NN=C(N)N)c2N1. The van der Waals surface area contributed by atoms with Gasteiger partial charge in [0.25, 0.3) is 0 Å². The van der Waals surface area contributed by atoms with E-state index in [1.54, 1.807) is 17.1 Å². The molecule has 10 nitrogen and oxygen atoms in total. The zero-order valence-corrected chi connectivity index (χ0v) is 14.3. The largest absolute Gasteiger partial charge is 0.369 e. The number of thioether (sulfide) groups is 1. The number of fused-ring (bicyclic) bond motifs is 1. The van der Waals surface area contributed by atoms with Crippen molar-refractivity contribution in [2.45, 2.75) is 12.8 Å². The number of nitrogens with two attached hydrogens (primary N) is 2. The summed E-state index contributed by atoms with van der Waals surface area (Å²) in [5, 5.41) is 19.2. The lowest BCUT2D eigenvalue weighted by molar-refractivity contribution is 0.384. The monoisotopic (exact) mass is 358 g/mol. The molecule has 0 spiro atoms. The molecule has 0 aliphatic carbocycles. The summed E-state index contributed by atoms with van der Waals surface area (Å²) >= 11 is 1.51. The summed E-state index contributed by atoms with van der Waals surface area (Å²) in [7, 11) is 0. The first kappa shape index (κ1) is 16.9. The lowest BCUT2D eigenvalue weighted by Gasteiger charge is -2.24. The third-order valence-electron chi connectivity index (χ3n) is 3.30. The van der Waals surface area contributed by atoms with Gasteiger partial charge < -0.3 is 16.8 Å². The predicted octanol–water partition coefficient (Wildman–Crippen LogP) is 0.276. The van der Waals surface area contributed by atoms with Gasteiger partial charge in [0.1, 0.15) is 5.82 Å². The molecule has 6 N–H and O–H groups in total. The summed E-state index contributed by atoms with van der Waals surface area (Å²) < 4.78 is 1.74. The Balaban J connectivity index is 1.81. The number of nitrogens with one attached hydrogen (secondary N) is 2. The van der Waals surface area contributed by atoms with Crippen molar-refractivity contribution in [2.75, 3.05) is 11.6 Å². The Morgan fingerprint density at radius 3 is 3.08 bits per heavy atom. The molecule has 0 aromatic carbocycles. The summed E-state index contributed by atoms with van der Waals surface area (Å²) in [4.78, 5) is 8.71. The number of aromatic nitrogens is 3. The van der Waals surface area contributed by atoms with Crippen LogP contribution < -0.4 is 22.1 Å². The Bertz CT molecular complexity index is 806. The van der Waals surface area contributed by atoms with Gasteiger partial charge >= 0.3 is 0 Å². The van der Waals surface area contributed by atoms with Gasteiger partial charge in [0.15, 0.2) is 5.17 Å². The Morgan fingerprint density at radius 1 is 1.48 bits per heavy atom. The van der Waals surface area contributed by atoms with Gasteiger partial charge in [-0.3, -0.25) is 10.3 Å². The highest BCUT2D eigenvalue weighted by Gasteiger charge is 2.23. The molecule has 1 aliphatic rings. The normalized spacial score (nSPS) is 16.2. The highest BCUT2D eigenvalue weighted by atomic mass is 32.2. The van der Waals surface area contributed by atoms with E-state index in [0.29, 0.717) is 6.54 Å². The standard InChI is InChI=1S/C14H18N10S/c1-25-14-21-11-10(7-19-23-12(15)16)8-20-24(11)13(22-14)18-6-9-3-2-4-17-5-9/h2-5,7-8,13,18H,6H2,1H3,(H,21,22)(H4,15,16,23). The van der Waals surface area contributed by atoms with Crippen molar-refractivity contribution >= 4 is 34.9 Å². The molecule has 2 aromatic rings. The van der Waals surface area contributed by atoms with Crippen LogP contribution in [0, 0.1) is 0 Å². The smallest absolute Gasteiger partial charge is 0.211 e. The third kappa shape index (κ3) is 4.14. The summed E-state index contributed by atoms with van der Waals surface area (Å²) in [5.74, 6) is 0.658. The predicted molar refractivity (Wildman–Crippen MR) is 100 cm³/mol. The van der Waals surface area contributed by atoms with Crippen LogP contribution in [0.25, 0.3) is 0 Å². The van der Waals surface area contributed by atoms with Crippen LogP contribution in [0.3, 0.4) is 0 Å². The van der Waals surface area contributed by atoms with Crippen molar-refractivity contribution in [3.63, 3.8) is 0 Å². The Labute approximate surface area is 148 Å². The number of aliphatic imine (C=N–C) groups is 1. The first-order valence-corrected chi connectivity index (χ1v) is 8.60. The molecule has 1 unspecified atom stereocenters. The van der Waals surface area contributed by atoms with Crippen molar-refractivity contribution in [3.05, 3.63) is 41.9 Å². The summed E-state index contributed by atoms with van der Waals surface area (Å²) in [6, 6.07) is 3.89. The summed E-state index contributed by atoms with van der Waals surface area (Å²) in [6.45, 7) is 0.611. The number of anilines is 1. The number of hydrogen-bond acceptors (Lipinski definition) is 8. The van der Waals surface area contributed by atoms with Gasteiger partial charge in [-0.05, 0) is 17.9 Å². The minimum Gasteiger partial charge on any atom is -0.369 e. The Kier molecular flexibility index (Phi) is 5.26. The molecule has 0 bridgehead atoms. The van der Waals surface area contributed by atoms with E-state index >= 15 is 0 Å². The lowest BCUT2D eigenvalue weighted by atomic mass is 10.3. The second-order valence-electron chi connectivity index (χ2n) is 5.04. The number of pyridine rings is 1. The molecule has 1 aliphatic heterocycles. The van der Waals surface area contributed by atoms with Gasteiger partial charge in [-0.1, -0.05) is 17.8 Å². The van der Waals surface area contributed by atoms with Crippen molar-refractivity contribution in [2.24, 2.45) is 26.7 Å². The van der Waals surface area contributed by atoms with Crippen LogP contribution in [0.2, 0.25) is 0 Å². The van der Waals surface area contributed by atoms with Crippen LogP contribution in [0.5, 0.6) is 0 Å². The summed E-state index contributed by atoms with van der Waals surface area (Å²) in [6.07, 6.45) is 8.36. The Hall–Kier alpha value is -2.92. The van der Waals surface area contributed by atoms with Crippen molar-refractivity contribution in [3.8, 4) is 0 Å².